The molecule has 0 radical (unpaired) electrons. The van der Waals surface area contributed by atoms with E-state index in [4.69, 9.17) is 11.6 Å². The van der Waals surface area contributed by atoms with Crippen molar-refractivity contribution in [1.82, 2.24) is 10.2 Å². The number of carbonyl (C=O) groups excluding carboxylic acids is 2. The number of aryl methyl sites for hydroxylation is 1. The standard InChI is InChI=1S/C33H40ClN3O4S/c1-3-25-18-20-29(21-19-25)37(42(2,40)41)24-32(38)36(23-27-14-10-11-17-30(27)34)31(22-26-12-6-4-7-13-26)33(39)35-28-15-8-5-9-16-28/h4,6-7,10-14,17-21,28,31H,3,5,8-9,15-16,22-24H2,1-2H3,(H,35,39). The molecule has 1 atom stereocenters. The second-order valence-corrected chi connectivity index (χ2v) is 13.3. The van der Waals surface area contributed by atoms with Crippen molar-refractivity contribution in [3.05, 3.63) is 101 Å². The molecule has 0 spiro atoms. The average molecular weight is 610 g/mol. The fourth-order valence-corrected chi connectivity index (χ4v) is 6.47. The summed E-state index contributed by atoms with van der Waals surface area (Å²) in [6, 6.07) is 23.1. The number of anilines is 1. The number of nitrogens with one attached hydrogen (secondary N) is 1. The van der Waals surface area contributed by atoms with Crippen LogP contribution in [0.15, 0.2) is 78.9 Å². The Kier molecular flexibility index (Phi) is 11.0. The number of nitrogens with zero attached hydrogens (tertiary/aromatic N) is 2. The van der Waals surface area contributed by atoms with Gasteiger partial charge in [0.15, 0.2) is 0 Å². The van der Waals surface area contributed by atoms with Gasteiger partial charge >= 0.3 is 0 Å². The van der Waals surface area contributed by atoms with Gasteiger partial charge in [-0.1, -0.05) is 98.5 Å². The van der Waals surface area contributed by atoms with Gasteiger partial charge in [0.1, 0.15) is 12.6 Å². The average Bonchev–Trinajstić information content (AvgIpc) is 2.99. The van der Waals surface area contributed by atoms with E-state index >= 15 is 0 Å². The van der Waals surface area contributed by atoms with E-state index in [9.17, 15) is 18.0 Å². The molecule has 1 aliphatic rings. The van der Waals surface area contributed by atoms with Crippen molar-refractivity contribution in [1.29, 1.82) is 0 Å². The predicted molar refractivity (Wildman–Crippen MR) is 169 cm³/mol. The van der Waals surface area contributed by atoms with Crippen LogP contribution in [0.4, 0.5) is 5.69 Å². The number of halogens is 1. The topological polar surface area (TPSA) is 86.8 Å². The maximum atomic E-state index is 14.2. The van der Waals surface area contributed by atoms with Crippen LogP contribution in [0.2, 0.25) is 5.02 Å². The first-order chi connectivity index (χ1) is 20.2. The zero-order valence-electron chi connectivity index (χ0n) is 24.3. The second kappa shape index (κ2) is 14.7. The van der Waals surface area contributed by atoms with Crippen LogP contribution in [0.5, 0.6) is 0 Å². The maximum absolute atomic E-state index is 14.2. The largest absolute Gasteiger partial charge is 0.352 e. The molecule has 1 fully saturated rings. The van der Waals surface area contributed by atoms with Crippen LogP contribution in [-0.4, -0.2) is 50.0 Å². The van der Waals surface area contributed by atoms with Crippen LogP contribution < -0.4 is 9.62 Å². The van der Waals surface area contributed by atoms with Crippen molar-refractivity contribution in [3.8, 4) is 0 Å². The minimum atomic E-state index is -3.82. The molecule has 1 unspecified atom stereocenters. The van der Waals surface area contributed by atoms with Crippen LogP contribution in [-0.2, 0) is 39.0 Å². The molecular formula is C33H40ClN3O4S. The fraction of sp³-hybridized carbons (Fsp3) is 0.394. The Morgan fingerprint density at radius 2 is 1.55 bits per heavy atom. The summed E-state index contributed by atoms with van der Waals surface area (Å²) < 4.78 is 27.0. The van der Waals surface area contributed by atoms with E-state index in [2.05, 4.69) is 5.32 Å². The van der Waals surface area contributed by atoms with E-state index < -0.39 is 28.5 Å². The van der Waals surface area contributed by atoms with Gasteiger partial charge in [0.05, 0.1) is 11.9 Å². The van der Waals surface area contributed by atoms with E-state index in [0.29, 0.717) is 16.3 Å². The first kappa shape index (κ1) is 31.6. The second-order valence-electron chi connectivity index (χ2n) is 11.0. The molecule has 0 heterocycles. The Hall–Kier alpha value is -3.36. The number of hydrogen-bond donors (Lipinski definition) is 1. The van der Waals surface area contributed by atoms with Gasteiger partial charge < -0.3 is 10.2 Å². The molecule has 3 aromatic rings. The Bertz CT molecular complexity index is 1440. The summed E-state index contributed by atoms with van der Waals surface area (Å²) in [5.41, 5.74) is 3.02. The maximum Gasteiger partial charge on any atom is 0.244 e. The summed E-state index contributed by atoms with van der Waals surface area (Å²) in [4.78, 5) is 29.7. The lowest BCUT2D eigenvalue weighted by Crippen LogP contribution is -2.55. The van der Waals surface area contributed by atoms with E-state index in [-0.39, 0.29) is 24.9 Å². The van der Waals surface area contributed by atoms with Crippen molar-refractivity contribution in [3.63, 3.8) is 0 Å². The van der Waals surface area contributed by atoms with Crippen molar-refractivity contribution >= 4 is 39.1 Å². The summed E-state index contributed by atoms with van der Waals surface area (Å²) >= 11 is 6.53. The molecule has 0 saturated heterocycles. The molecule has 42 heavy (non-hydrogen) atoms. The van der Waals surface area contributed by atoms with Gasteiger partial charge in [0.2, 0.25) is 21.8 Å². The Balaban J connectivity index is 1.72. The zero-order chi connectivity index (χ0) is 30.1. The normalized spacial score (nSPS) is 14.6. The molecule has 0 aliphatic heterocycles. The van der Waals surface area contributed by atoms with Gasteiger partial charge in [-0.2, -0.15) is 0 Å². The van der Waals surface area contributed by atoms with Gasteiger partial charge in [0, 0.05) is 24.0 Å². The van der Waals surface area contributed by atoms with Gasteiger partial charge in [-0.05, 0) is 54.2 Å². The SMILES string of the molecule is CCc1ccc(N(CC(=O)N(Cc2ccccc2Cl)C(Cc2ccccc2)C(=O)NC2CCCCC2)S(C)(=O)=O)cc1. The van der Waals surface area contributed by atoms with Crippen molar-refractivity contribution in [2.75, 3.05) is 17.1 Å². The predicted octanol–water partition coefficient (Wildman–Crippen LogP) is 5.76. The molecule has 9 heteroatoms. The van der Waals surface area contributed by atoms with E-state index in [1.165, 1.54) is 4.90 Å². The molecule has 2 amide bonds. The van der Waals surface area contributed by atoms with Crippen LogP contribution >= 0.6 is 11.6 Å². The van der Waals surface area contributed by atoms with Crippen molar-refractivity contribution < 1.29 is 18.0 Å². The fourth-order valence-electron chi connectivity index (χ4n) is 5.42. The number of carbonyl (C=O) groups is 2. The third-order valence-electron chi connectivity index (χ3n) is 7.83. The smallest absolute Gasteiger partial charge is 0.244 e. The Morgan fingerprint density at radius 3 is 2.17 bits per heavy atom. The van der Waals surface area contributed by atoms with Crippen LogP contribution in [0.25, 0.3) is 0 Å². The number of hydrogen-bond acceptors (Lipinski definition) is 4. The van der Waals surface area contributed by atoms with Gasteiger partial charge in [0.25, 0.3) is 0 Å². The lowest BCUT2D eigenvalue weighted by Gasteiger charge is -2.35. The Morgan fingerprint density at radius 1 is 0.905 bits per heavy atom. The molecule has 1 aliphatic carbocycles. The number of benzene rings is 3. The highest BCUT2D eigenvalue weighted by Crippen LogP contribution is 2.24. The summed E-state index contributed by atoms with van der Waals surface area (Å²) in [5, 5.41) is 3.67. The van der Waals surface area contributed by atoms with E-state index in [0.717, 1.165) is 60.2 Å². The van der Waals surface area contributed by atoms with Crippen LogP contribution in [0.1, 0.15) is 55.7 Å². The summed E-state index contributed by atoms with van der Waals surface area (Å²) in [5.74, 6) is -0.732. The van der Waals surface area contributed by atoms with Crippen LogP contribution in [0, 0.1) is 0 Å². The highest BCUT2D eigenvalue weighted by Gasteiger charge is 2.34. The third kappa shape index (κ3) is 8.58. The monoisotopic (exact) mass is 609 g/mol. The molecular weight excluding hydrogens is 570 g/mol. The first-order valence-electron chi connectivity index (χ1n) is 14.6. The van der Waals surface area contributed by atoms with Crippen molar-refractivity contribution in [2.24, 2.45) is 0 Å². The number of sulfonamides is 1. The van der Waals surface area contributed by atoms with Gasteiger partial charge in [-0.3, -0.25) is 13.9 Å². The highest BCUT2D eigenvalue weighted by molar-refractivity contribution is 7.92. The molecule has 4 rings (SSSR count). The van der Waals surface area contributed by atoms with E-state index in [1.807, 2.05) is 61.5 Å². The lowest BCUT2D eigenvalue weighted by molar-refractivity contribution is -0.140. The molecule has 0 bridgehead atoms. The Labute approximate surface area is 254 Å². The molecule has 3 aromatic carbocycles. The van der Waals surface area contributed by atoms with Gasteiger partial charge in [-0.25, -0.2) is 8.42 Å². The summed E-state index contributed by atoms with van der Waals surface area (Å²) in [7, 11) is -3.82. The molecule has 0 aromatic heterocycles. The molecule has 1 saturated carbocycles. The molecule has 1 N–H and O–H groups in total. The minimum Gasteiger partial charge on any atom is -0.352 e. The van der Waals surface area contributed by atoms with Gasteiger partial charge in [-0.15, -0.1) is 0 Å². The third-order valence-corrected chi connectivity index (χ3v) is 9.34. The summed E-state index contributed by atoms with van der Waals surface area (Å²) in [6.45, 7) is 1.63. The van der Waals surface area contributed by atoms with Crippen molar-refractivity contribution in [2.45, 2.75) is 70.5 Å². The highest BCUT2D eigenvalue weighted by atomic mass is 35.5. The number of rotatable bonds is 12. The quantitative estimate of drug-likeness (QED) is 0.283. The first-order valence-corrected chi connectivity index (χ1v) is 16.8. The lowest BCUT2D eigenvalue weighted by atomic mass is 9.94. The molecule has 7 nitrogen and oxygen atoms in total. The zero-order valence-corrected chi connectivity index (χ0v) is 25.9. The molecule has 224 valence electrons. The minimum absolute atomic E-state index is 0.0476. The summed E-state index contributed by atoms with van der Waals surface area (Å²) in [6.07, 6.45) is 7.23. The van der Waals surface area contributed by atoms with E-state index in [1.54, 1.807) is 24.3 Å². The van der Waals surface area contributed by atoms with Crippen LogP contribution in [0.3, 0.4) is 0 Å². The number of amides is 2.